The third-order valence-corrected chi connectivity index (χ3v) is 3.45. The van der Waals surface area contributed by atoms with Crippen molar-refractivity contribution < 1.29 is 51.0 Å². The van der Waals surface area contributed by atoms with E-state index in [1.54, 1.807) is 0 Å². The van der Waals surface area contributed by atoms with Crippen molar-refractivity contribution in [3.8, 4) is 11.1 Å². The van der Waals surface area contributed by atoms with Crippen molar-refractivity contribution in [3.63, 3.8) is 0 Å². The molecule has 0 aliphatic heterocycles. The van der Waals surface area contributed by atoms with Crippen LogP contribution in [0.25, 0.3) is 11.1 Å². The van der Waals surface area contributed by atoms with Crippen LogP contribution in [0.5, 0.6) is 0 Å². The Hall–Kier alpha value is -0.530. The number of benzene rings is 2. The van der Waals surface area contributed by atoms with Gasteiger partial charge in [-0.15, -0.1) is 5.56 Å². The molecule has 1 radical (unpaired) electrons. The normalized spacial score (nSPS) is 9.24. The molecule has 0 fully saturated rings. The molecule has 1 aliphatic carbocycles. The van der Waals surface area contributed by atoms with E-state index in [0.29, 0.717) is 0 Å². The van der Waals surface area contributed by atoms with E-state index >= 15 is 0 Å². The van der Waals surface area contributed by atoms with E-state index in [-0.39, 0.29) is 51.0 Å². The van der Waals surface area contributed by atoms with Crippen LogP contribution in [-0.2, 0) is 32.6 Å². The van der Waals surface area contributed by atoms with Gasteiger partial charge >= 0.3 is 26.2 Å². The van der Waals surface area contributed by atoms with Gasteiger partial charge in [0.15, 0.2) is 0 Å². The maximum absolute atomic E-state index is 3.30. The van der Waals surface area contributed by atoms with Crippen molar-refractivity contribution in [2.45, 2.75) is 26.4 Å². The summed E-state index contributed by atoms with van der Waals surface area (Å²) in [5.41, 5.74) is 6.85. The molecule has 0 heterocycles. The van der Waals surface area contributed by atoms with Gasteiger partial charge in [0, 0.05) is 9.52 Å². The van der Waals surface area contributed by atoms with Gasteiger partial charge in [-0.25, -0.2) is 11.6 Å². The smallest absolute Gasteiger partial charge is 1.00 e. The summed E-state index contributed by atoms with van der Waals surface area (Å²) < 4.78 is 0. The van der Waals surface area contributed by atoms with E-state index in [0.717, 1.165) is 15.9 Å². The number of fused-ring (bicyclic) bond motifs is 3. The summed E-state index contributed by atoms with van der Waals surface area (Å²) in [6.45, 7) is 6.50. The van der Waals surface area contributed by atoms with Gasteiger partial charge in [-0.3, -0.25) is 0 Å². The van der Waals surface area contributed by atoms with Gasteiger partial charge in [0.2, 0.25) is 0 Å². The van der Waals surface area contributed by atoms with E-state index in [4.69, 9.17) is 0 Å². The SMILES string of the molecule is C[SiH]C.Cc1cc[cH-]c1.[Cl-].[Cl-].[Zr+4].[c-]1cccc2c1Cc1ccccc1-2. The second-order valence-electron chi connectivity index (χ2n) is 5.44. The molecule has 0 N–H and O–H groups in total. The topological polar surface area (TPSA) is 0 Å². The summed E-state index contributed by atoms with van der Waals surface area (Å²) in [4.78, 5) is 0. The van der Waals surface area contributed by atoms with Gasteiger partial charge in [0.25, 0.3) is 0 Å². The van der Waals surface area contributed by atoms with Crippen molar-refractivity contribution in [1.29, 1.82) is 0 Å². The summed E-state index contributed by atoms with van der Waals surface area (Å²) >= 11 is 0. The Bertz CT molecular complexity index is 653. The Morgan fingerprint density at radius 2 is 1.60 bits per heavy atom. The van der Waals surface area contributed by atoms with Gasteiger partial charge in [0.1, 0.15) is 0 Å². The number of aryl methyl sites for hydroxylation is 1. The number of hydrogen-bond donors (Lipinski definition) is 0. The number of rotatable bonds is 0. The van der Waals surface area contributed by atoms with Crippen molar-refractivity contribution in [2.24, 2.45) is 0 Å². The fraction of sp³-hybridized carbons (Fsp3) is 0.190. The van der Waals surface area contributed by atoms with Crippen LogP contribution in [-0.4, -0.2) is 9.52 Å². The van der Waals surface area contributed by atoms with Crippen LogP contribution < -0.4 is 24.8 Å². The molecule has 129 valence electrons. The quantitative estimate of drug-likeness (QED) is 0.238. The minimum Gasteiger partial charge on any atom is -1.00 e. The van der Waals surface area contributed by atoms with Crippen LogP contribution in [0.2, 0.25) is 13.1 Å². The van der Waals surface area contributed by atoms with E-state index in [2.05, 4.69) is 74.6 Å². The molecule has 0 saturated heterocycles. The standard InChI is InChI=1S/C13H9.C6H7.C2H7Si.2ClH.Zr/c1-3-7-12-10(5-1)9-11-6-2-4-8-13(11)12;1-6-4-2-3-5-6;1-3-2;;;/h1-5,7-8H,9H2;2-5H,1H3;3H,1-2H3;2*1H;/q2*-1;;;;+4/p-2. The largest absolute Gasteiger partial charge is 4.00 e. The van der Waals surface area contributed by atoms with Gasteiger partial charge in [0.05, 0.1) is 0 Å². The average Bonchev–Trinajstić information content (AvgIpc) is 3.15. The average molecular weight is 466 g/mol. The summed E-state index contributed by atoms with van der Waals surface area (Å²) in [7, 11) is 0.750. The first kappa shape index (κ1) is 26.7. The van der Waals surface area contributed by atoms with Crippen LogP contribution in [0.15, 0.2) is 66.7 Å². The summed E-state index contributed by atoms with van der Waals surface area (Å²) in [5.74, 6) is 0. The third kappa shape index (κ3) is 8.13. The third-order valence-electron chi connectivity index (χ3n) is 3.45. The monoisotopic (exact) mass is 463 g/mol. The maximum Gasteiger partial charge on any atom is 4.00 e. The molecule has 0 saturated carbocycles. The van der Waals surface area contributed by atoms with E-state index in [9.17, 15) is 0 Å². The van der Waals surface area contributed by atoms with Crippen molar-refractivity contribution in [2.75, 3.05) is 0 Å². The Balaban J connectivity index is 0. The first-order chi connectivity index (χ1) is 10.8. The van der Waals surface area contributed by atoms with Crippen molar-refractivity contribution >= 4 is 9.52 Å². The maximum atomic E-state index is 3.30. The van der Waals surface area contributed by atoms with Crippen molar-refractivity contribution in [1.82, 2.24) is 0 Å². The molecule has 0 nitrogen and oxygen atoms in total. The zero-order valence-electron chi connectivity index (χ0n) is 14.9. The molecule has 3 aromatic rings. The van der Waals surface area contributed by atoms with Crippen LogP contribution in [0.4, 0.5) is 0 Å². The van der Waals surface area contributed by atoms with E-state index in [1.165, 1.54) is 27.8 Å². The van der Waals surface area contributed by atoms with Gasteiger partial charge in [-0.1, -0.05) is 55.4 Å². The fourth-order valence-electron chi connectivity index (χ4n) is 2.47. The first-order valence-electron chi connectivity index (χ1n) is 7.76. The number of hydrogen-bond acceptors (Lipinski definition) is 0. The second kappa shape index (κ2) is 14.6. The Morgan fingerprint density at radius 3 is 2.16 bits per heavy atom. The zero-order chi connectivity index (χ0) is 15.8. The van der Waals surface area contributed by atoms with Crippen LogP contribution in [0.1, 0.15) is 16.7 Å². The Kier molecular flexibility index (Phi) is 15.6. The molecule has 0 aromatic heterocycles. The molecular formula is C21H23Cl2SiZr. The summed E-state index contributed by atoms with van der Waals surface area (Å²) in [6, 6.07) is 26.3. The fourth-order valence-corrected chi connectivity index (χ4v) is 2.47. The minimum absolute atomic E-state index is 0. The van der Waals surface area contributed by atoms with Crippen LogP contribution in [0.3, 0.4) is 0 Å². The van der Waals surface area contributed by atoms with E-state index < -0.39 is 0 Å². The van der Waals surface area contributed by atoms with Gasteiger partial charge in [-0.05, 0) is 6.42 Å². The molecular weight excluding hydrogens is 442 g/mol. The van der Waals surface area contributed by atoms with Crippen LogP contribution >= 0.6 is 0 Å². The predicted octanol–water partition coefficient (Wildman–Crippen LogP) is -0.703. The van der Waals surface area contributed by atoms with Crippen molar-refractivity contribution in [3.05, 3.63) is 89.5 Å². The minimum atomic E-state index is 0. The molecule has 4 rings (SSSR count). The Labute approximate surface area is 186 Å². The first-order valence-corrected chi connectivity index (χ1v) is 10.1. The molecule has 3 aromatic carbocycles. The molecule has 4 heteroatoms. The van der Waals surface area contributed by atoms with Gasteiger partial charge in [-0.2, -0.15) is 48.0 Å². The van der Waals surface area contributed by atoms with E-state index in [1.807, 2.05) is 18.2 Å². The second-order valence-corrected chi connectivity index (χ2v) is 6.59. The molecule has 0 bridgehead atoms. The summed E-state index contributed by atoms with van der Waals surface area (Å²) in [6.07, 6.45) is 1.05. The zero-order valence-corrected chi connectivity index (χ0v) is 20.0. The molecule has 1 aliphatic rings. The molecule has 0 amide bonds. The molecule has 0 atom stereocenters. The summed E-state index contributed by atoms with van der Waals surface area (Å²) in [5, 5.41) is 0. The van der Waals surface area contributed by atoms with Gasteiger partial charge < -0.3 is 24.8 Å². The Morgan fingerprint density at radius 1 is 0.960 bits per heavy atom. The molecule has 0 spiro atoms. The predicted molar refractivity (Wildman–Crippen MR) is 99.2 cm³/mol. The number of halogens is 2. The molecule has 25 heavy (non-hydrogen) atoms. The van der Waals surface area contributed by atoms with Crippen LogP contribution in [0, 0.1) is 13.0 Å². The molecule has 0 unspecified atom stereocenters.